The van der Waals surface area contributed by atoms with Crippen molar-refractivity contribution < 1.29 is 19.4 Å². The first kappa shape index (κ1) is 32.8. The topological polar surface area (TPSA) is 110 Å². The third-order valence-corrected chi connectivity index (χ3v) is 10.8. The molecule has 1 aliphatic rings. The molecule has 6 aromatic rings. The number of ketones is 1. The van der Waals surface area contributed by atoms with Crippen molar-refractivity contribution in [1.29, 1.82) is 0 Å². The second kappa shape index (κ2) is 13.7. The number of carbonyl (C=O) groups is 2. The number of benzene rings is 3. The van der Waals surface area contributed by atoms with Gasteiger partial charge in [0.25, 0.3) is 5.78 Å². The van der Waals surface area contributed by atoms with Crippen LogP contribution in [0.2, 0.25) is 10.0 Å². The van der Waals surface area contributed by atoms with E-state index in [1.165, 1.54) is 16.7 Å². The van der Waals surface area contributed by atoms with Crippen LogP contribution < -0.4 is 9.64 Å². The van der Waals surface area contributed by atoms with E-state index in [1.807, 2.05) is 66.1 Å². The van der Waals surface area contributed by atoms with Crippen LogP contribution in [0, 0.1) is 13.8 Å². The molecule has 0 spiro atoms. The molecule has 4 heterocycles. The van der Waals surface area contributed by atoms with Gasteiger partial charge in [0.2, 0.25) is 5.13 Å². The number of aliphatic hydroxyl groups is 1. The molecule has 1 unspecified atom stereocenters. The molecule has 1 amide bonds. The number of thioether (sulfide) groups is 1. The minimum Gasteiger partial charge on any atom is -0.505 e. The minimum absolute atomic E-state index is 0.105. The average molecular weight is 729 g/mol. The van der Waals surface area contributed by atoms with Gasteiger partial charge in [-0.15, -0.1) is 10.2 Å². The van der Waals surface area contributed by atoms with Crippen LogP contribution >= 0.6 is 46.3 Å². The lowest BCUT2D eigenvalue weighted by atomic mass is 9.96. The zero-order chi connectivity index (χ0) is 34.2. The van der Waals surface area contributed by atoms with Crippen LogP contribution in [-0.4, -0.2) is 36.4 Å². The molecular weight excluding hydrogens is 701 g/mol. The Balaban J connectivity index is 1.29. The first-order valence-electron chi connectivity index (χ1n) is 15.1. The van der Waals surface area contributed by atoms with Gasteiger partial charge in [0, 0.05) is 22.0 Å². The molecule has 1 fully saturated rings. The minimum atomic E-state index is -1.04. The molecule has 9 nitrogen and oxygen atoms in total. The van der Waals surface area contributed by atoms with Gasteiger partial charge in [-0.05, 0) is 66.4 Å². The Bertz CT molecular complexity index is 2270. The zero-order valence-electron chi connectivity index (χ0n) is 26.1. The number of Topliss-reactive ketones (excluding diaryl/α,β-unsaturated/α-hetero) is 1. The maximum atomic E-state index is 13.9. The Hall–Kier alpha value is -4.68. The maximum absolute atomic E-state index is 13.9. The summed E-state index contributed by atoms with van der Waals surface area (Å²) >= 11 is 15.0. The predicted octanol–water partition coefficient (Wildman–Crippen LogP) is 8.61. The number of fused-ring (bicyclic) bond motifs is 1. The van der Waals surface area contributed by atoms with Crippen molar-refractivity contribution >= 4 is 74.5 Å². The summed E-state index contributed by atoms with van der Waals surface area (Å²) < 4.78 is 8.51. The van der Waals surface area contributed by atoms with E-state index in [9.17, 15) is 14.7 Å². The van der Waals surface area contributed by atoms with E-state index < -0.39 is 17.7 Å². The number of aliphatic hydroxyl groups excluding tert-OH is 1. The zero-order valence-corrected chi connectivity index (χ0v) is 29.3. The highest BCUT2D eigenvalue weighted by Gasteiger charge is 2.49. The number of amides is 1. The summed E-state index contributed by atoms with van der Waals surface area (Å²) in [6.07, 6.45) is 1.84. The number of anilines is 1. The van der Waals surface area contributed by atoms with Crippen molar-refractivity contribution in [3.8, 4) is 5.75 Å². The molecule has 0 saturated carbocycles. The van der Waals surface area contributed by atoms with Crippen molar-refractivity contribution in [2.24, 2.45) is 0 Å². The predicted molar refractivity (Wildman–Crippen MR) is 193 cm³/mol. The third kappa shape index (κ3) is 6.42. The van der Waals surface area contributed by atoms with Gasteiger partial charge in [-0.1, -0.05) is 101 Å². The van der Waals surface area contributed by atoms with Crippen LogP contribution in [0.25, 0.3) is 11.4 Å². The highest BCUT2D eigenvalue weighted by Crippen LogP contribution is 2.45. The summed E-state index contributed by atoms with van der Waals surface area (Å²) in [4.78, 5) is 33.8. The van der Waals surface area contributed by atoms with Crippen molar-refractivity contribution in [1.82, 2.24) is 19.6 Å². The molecule has 246 valence electrons. The summed E-state index contributed by atoms with van der Waals surface area (Å²) in [6.45, 7) is 4.04. The number of nitrogens with zero attached hydrogens (tertiary/aromatic N) is 5. The van der Waals surface area contributed by atoms with Crippen LogP contribution in [0.15, 0.2) is 101 Å². The van der Waals surface area contributed by atoms with Gasteiger partial charge in [-0.3, -0.25) is 14.5 Å². The van der Waals surface area contributed by atoms with Crippen LogP contribution in [0.4, 0.5) is 5.13 Å². The lowest BCUT2D eigenvalue weighted by Crippen LogP contribution is -2.29. The summed E-state index contributed by atoms with van der Waals surface area (Å²) in [7, 11) is 0. The third-order valence-electron chi connectivity index (χ3n) is 8.14. The Morgan fingerprint density at radius 1 is 0.980 bits per heavy atom. The van der Waals surface area contributed by atoms with Gasteiger partial charge in [0.1, 0.15) is 23.7 Å². The van der Waals surface area contributed by atoms with E-state index in [0.29, 0.717) is 49.4 Å². The fourth-order valence-electron chi connectivity index (χ4n) is 5.67. The number of aromatic nitrogens is 4. The first-order valence-corrected chi connectivity index (χ1v) is 17.7. The van der Waals surface area contributed by atoms with Crippen LogP contribution in [0.5, 0.6) is 5.75 Å². The van der Waals surface area contributed by atoms with Gasteiger partial charge < -0.3 is 14.2 Å². The van der Waals surface area contributed by atoms with Crippen molar-refractivity contribution in [3.05, 3.63) is 140 Å². The highest BCUT2D eigenvalue weighted by atomic mass is 35.5. The fourth-order valence-corrected chi connectivity index (χ4v) is 8.10. The van der Waals surface area contributed by atoms with Gasteiger partial charge in [0.05, 0.1) is 17.3 Å². The van der Waals surface area contributed by atoms with E-state index >= 15 is 0 Å². The number of aryl methyl sites for hydroxylation is 2. The molecule has 1 aliphatic heterocycles. The molecule has 3 aromatic heterocycles. The van der Waals surface area contributed by atoms with Crippen LogP contribution in [0.3, 0.4) is 0 Å². The van der Waals surface area contributed by atoms with Crippen molar-refractivity contribution in [2.75, 3.05) is 4.90 Å². The quantitative estimate of drug-likeness (QED) is 0.0519. The van der Waals surface area contributed by atoms with Crippen molar-refractivity contribution in [3.63, 3.8) is 0 Å². The number of hydrogen-bond acceptors (Lipinski definition) is 9. The number of rotatable bonds is 9. The van der Waals surface area contributed by atoms with Gasteiger partial charge in [0.15, 0.2) is 10.1 Å². The molecule has 49 heavy (non-hydrogen) atoms. The van der Waals surface area contributed by atoms with Crippen LogP contribution in [0.1, 0.15) is 39.7 Å². The molecule has 0 radical (unpaired) electrons. The van der Waals surface area contributed by atoms with E-state index in [1.54, 1.807) is 43.3 Å². The average Bonchev–Trinajstić information content (AvgIpc) is 3.78. The summed E-state index contributed by atoms with van der Waals surface area (Å²) in [5.74, 6) is -1.06. The normalized spacial score (nSPS) is 15.8. The Labute approximate surface area is 299 Å². The first-order chi connectivity index (χ1) is 23.7. The van der Waals surface area contributed by atoms with E-state index in [4.69, 9.17) is 32.9 Å². The molecule has 13 heteroatoms. The van der Waals surface area contributed by atoms with Gasteiger partial charge in [-0.25, -0.2) is 4.98 Å². The lowest BCUT2D eigenvalue weighted by Gasteiger charge is -2.23. The van der Waals surface area contributed by atoms with E-state index in [0.717, 1.165) is 28.0 Å². The SMILES string of the molecule is Cc1cccn2c(C)c(/C(O)=C3\C(=O)C(=O)N(c4nnc(SCc5ccc(Cl)cc5Cl)s4)C3c3cccc(OCc4ccccc4)c3)nc12. The maximum Gasteiger partial charge on any atom is 0.301 e. The molecule has 1 N–H and O–H groups in total. The Morgan fingerprint density at radius 2 is 1.80 bits per heavy atom. The standard InChI is InChI=1S/C36H27Cl2N5O4S2/c1-20-8-7-15-42-21(2)29(39-33(20)42)31(44)28-30(23-11-6-12-26(16-23)47-18-22-9-4-3-5-10-22)43(34(46)32(28)45)35-40-41-36(49-35)48-19-24-13-14-25(37)17-27(24)38/h3-17,30,44H,18-19H2,1-2H3/b31-28+. The monoisotopic (exact) mass is 727 g/mol. The molecule has 1 atom stereocenters. The van der Waals surface area contributed by atoms with Gasteiger partial charge >= 0.3 is 5.91 Å². The number of imidazole rings is 1. The van der Waals surface area contributed by atoms with Gasteiger partial charge in [-0.2, -0.15) is 0 Å². The number of pyridine rings is 1. The summed E-state index contributed by atoms with van der Waals surface area (Å²) in [5, 5.41) is 21.8. The summed E-state index contributed by atoms with van der Waals surface area (Å²) in [5.41, 5.74) is 4.64. The summed E-state index contributed by atoms with van der Waals surface area (Å²) in [6, 6.07) is 24.9. The highest BCUT2D eigenvalue weighted by molar-refractivity contribution is 8.00. The Morgan fingerprint density at radius 3 is 2.57 bits per heavy atom. The number of carbonyl (C=O) groups excluding carboxylic acids is 2. The van der Waals surface area contributed by atoms with Crippen LogP contribution in [-0.2, 0) is 21.9 Å². The fraction of sp³-hybridized carbons (Fsp3) is 0.139. The van der Waals surface area contributed by atoms with Crippen molar-refractivity contribution in [2.45, 2.75) is 36.6 Å². The second-order valence-electron chi connectivity index (χ2n) is 11.3. The Kier molecular flexibility index (Phi) is 9.17. The second-order valence-corrected chi connectivity index (χ2v) is 14.3. The molecule has 3 aromatic carbocycles. The smallest absolute Gasteiger partial charge is 0.301 e. The van der Waals surface area contributed by atoms with E-state index in [-0.39, 0.29) is 22.2 Å². The number of hydrogen-bond donors (Lipinski definition) is 1. The number of ether oxygens (including phenoxy) is 1. The molecule has 0 bridgehead atoms. The molecule has 7 rings (SSSR count). The molecule has 0 aliphatic carbocycles. The largest absolute Gasteiger partial charge is 0.505 e. The molecular formula is C36H27Cl2N5O4S2. The lowest BCUT2D eigenvalue weighted by molar-refractivity contribution is -0.132. The van der Waals surface area contributed by atoms with E-state index in [2.05, 4.69) is 10.2 Å². The number of halogens is 2. The molecule has 1 saturated heterocycles.